The Labute approximate surface area is 139 Å². The van der Waals surface area contributed by atoms with Crippen LogP contribution in [0.15, 0.2) is 36.5 Å². The maximum absolute atomic E-state index is 12.3. The molecule has 2 rings (SSSR count). The quantitative estimate of drug-likeness (QED) is 0.520. The molecule has 0 bridgehead atoms. The fraction of sp³-hybridized carbons (Fsp3) is 0.450. The maximum Gasteiger partial charge on any atom is 0.340 e. The number of esters is 1. The molecule has 0 aliphatic carbocycles. The van der Waals surface area contributed by atoms with E-state index in [0.717, 1.165) is 36.2 Å². The van der Waals surface area contributed by atoms with E-state index in [4.69, 9.17) is 4.74 Å². The van der Waals surface area contributed by atoms with E-state index in [-0.39, 0.29) is 5.97 Å². The van der Waals surface area contributed by atoms with Gasteiger partial charge in [-0.2, -0.15) is 0 Å². The van der Waals surface area contributed by atoms with E-state index in [1.165, 1.54) is 18.4 Å². The zero-order chi connectivity index (χ0) is 16.7. The summed E-state index contributed by atoms with van der Waals surface area (Å²) in [5.41, 5.74) is 4.11. The van der Waals surface area contributed by atoms with Crippen LogP contribution in [0.25, 0.3) is 0 Å². The van der Waals surface area contributed by atoms with Crippen LogP contribution in [-0.2, 0) is 17.7 Å². The standard InChI is InChI=1S/C20H27NO2/c1-4-6-8-13-18-15-21(14-17-11-9-7-10-12-17)16(3)19(18)20(22)23-5-2/h7,9-12,15H,4-6,8,13-14H2,1-3H3. The molecule has 0 N–H and O–H groups in total. The van der Waals surface area contributed by atoms with Crippen molar-refractivity contribution in [2.24, 2.45) is 0 Å². The Morgan fingerprint density at radius 3 is 2.52 bits per heavy atom. The number of hydrogen-bond donors (Lipinski definition) is 0. The molecule has 0 aliphatic rings. The van der Waals surface area contributed by atoms with Gasteiger partial charge < -0.3 is 9.30 Å². The van der Waals surface area contributed by atoms with Gasteiger partial charge in [-0.05, 0) is 37.8 Å². The third-order valence-corrected chi connectivity index (χ3v) is 4.15. The van der Waals surface area contributed by atoms with Crippen LogP contribution < -0.4 is 0 Å². The number of benzene rings is 1. The Balaban J connectivity index is 2.28. The molecule has 3 nitrogen and oxygen atoms in total. The van der Waals surface area contributed by atoms with Gasteiger partial charge in [0.2, 0.25) is 0 Å². The van der Waals surface area contributed by atoms with E-state index in [1.54, 1.807) is 0 Å². The Morgan fingerprint density at radius 1 is 1.13 bits per heavy atom. The number of aryl methyl sites for hydroxylation is 1. The van der Waals surface area contributed by atoms with Crippen LogP contribution in [-0.4, -0.2) is 17.1 Å². The van der Waals surface area contributed by atoms with Crippen molar-refractivity contribution < 1.29 is 9.53 Å². The zero-order valence-electron chi connectivity index (χ0n) is 14.5. The maximum atomic E-state index is 12.3. The Bertz CT molecular complexity index is 629. The Morgan fingerprint density at radius 2 is 1.87 bits per heavy atom. The highest BCUT2D eigenvalue weighted by atomic mass is 16.5. The van der Waals surface area contributed by atoms with E-state index in [9.17, 15) is 4.79 Å². The van der Waals surface area contributed by atoms with E-state index in [2.05, 4.69) is 29.8 Å². The molecule has 0 amide bonds. The van der Waals surface area contributed by atoms with Gasteiger partial charge in [0, 0.05) is 18.4 Å². The Hall–Kier alpha value is -2.03. The number of unbranched alkanes of at least 4 members (excludes halogenated alkanes) is 2. The molecule has 3 heteroatoms. The number of rotatable bonds is 8. The van der Waals surface area contributed by atoms with Gasteiger partial charge in [0.1, 0.15) is 0 Å². The van der Waals surface area contributed by atoms with Crippen LogP contribution in [0.3, 0.4) is 0 Å². The lowest BCUT2D eigenvalue weighted by atomic mass is 10.0. The molecule has 1 heterocycles. The lowest BCUT2D eigenvalue weighted by Crippen LogP contribution is -2.09. The first-order valence-electron chi connectivity index (χ1n) is 8.57. The molecule has 0 atom stereocenters. The summed E-state index contributed by atoms with van der Waals surface area (Å²) >= 11 is 0. The molecule has 0 fully saturated rings. The predicted octanol–water partition coefficient (Wildman–Crippen LogP) is 4.75. The second kappa shape index (κ2) is 8.56. The summed E-state index contributed by atoms with van der Waals surface area (Å²) in [5, 5.41) is 0. The van der Waals surface area contributed by atoms with Gasteiger partial charge in [0.25, 0.3) is 0 Å². The smallest absolute Gasteiger partial charge is 0.340 e. The molecule has 1 aromatic carbocycles. The Kier molecular flexibility index (Phi) is 6.45. The highest BCUT2D eigenvalue weighted by molar-refractivity contribution is 5.92. The minimum atomic E-state index is -0.191. The highest BCUT2D eigenvalue weighted by Crippen LogP contribution is 2.22. The summed E-state index contributed by atoms with van der Waals surface area (Å²) in [6.07, 6.45) is 6.54. The molecule has 1 aromatic heterocycles. The van der Waals surface area contributed by atoms with Gasteiger partial charge in [-0.3, -0.25) is 0 Å². The molecule has 0 radical (unpaired) electrons. The molecule has 0 saturated carbocycles. The average Bonchev–Trinajstić information content (AvgIpc) is 2.85. The first kappa shape index (κ1) is 17.3. The van der Waals surface area contributed by atoms with Gasteiger partial charge >= 0.3 is 5.97 Å². The second-order valence-electron chi connectivity index (χ2n) is 5.91. The monoisotopic (exact) mass is 313 g/mol. The summed E-state index contributed by atoms with van der Waals surface area (Å²) in [7, 11) is 0. The molecular weight excluding hydrogens is 286 g/mol. The van der Waals surface area contributed by atoms with Gasteiger partial charge in [-0.25, -0.2) is 4.79 Å². The normalized spacial score (nSPS) is 10.7. The number of carbonyl (C=O) groups excluding carboxylic acids is 1. The predicted molar refractivity (Wildman–Crippen MR) is 93.9 cm³/mol. The van der Waals surface area contributed by atoms with Crippen LogP contribution in [0.4, 0.5) is 0 Å². The van der Waals surface area contributed by atoms with Crippen molar-refractivity contribution in [1.82, 2.24) is 4.57 Å². The van der Waals surface area contributed by atoms with Crippen molar-refractivity contribution in [3.05, 3.63) is 58.9 Å². The van der Waals surface area contributed by atoms with Gasteiger partial charge in [-0.15, -0.1) is 0 Å². The molecule has 0 unspecified atom stereocenters. The fourth-order valence-corrected chi connectivity index (χ4v) is 2.91. The molecule has 124 valence electrons. The van der Waals surface area contributed by atoms with E-state index < -0.39 is 0 Å². The first-order chi connectivity index (χ1) is 11.2. The molecule has 23 heavy (non-hydrogen) atoms. The summed E-state index contributed by atoms with van der Waals surface area (Å²) in [6, 6.07) is 10.3. The minimum Gasteiger partial charge on any atom is -0.462 e. The average molecular weight is 313 g/mol. The van der Waals surface area contributed by atoms with Crippen LogP contribution in [0.5, 0.6) is 0 Å². The summed E-state index contributed by atoms with van der Waals surface area (Å²) in [4.78, 5) is 12.3. The number of hydrogen-bond acceptors (Lipinski definition) is 2. The van der Waals surface area contributed by atoms with Crippen molar-refractivity contribution in [2.45, 2.75) is 53.0 Å². The van der Waals surface area contributed by atoms with Crippen molar-refractivity contribution in [1.29, 1.82) is 0 Å². The summed E-state index contributed by atoms with van der Waals surface area (Å²) < 4.78 is 7.44. The highest BCUT2D eigenvalue weighted by Gasteiger charge is 2.20. The van der Waals surface area contributed by atoms with Crippen molar-refractivity contribution >= 4 is 5.97 Å². The van der Waals surface area contributed by atoms with Crippen molar-refractivity contribution in [3.63, 3.8) is 0 Å². The summed E-state index contributed by atoms with van der Waals surface area (Å²) in [5.74, 6) is -0.191. The zero-order valence-corrected chi connectivity index (χ0v) is 14.5. The van der Waals surface area contributed by atoms with Crippen LogP contribution in [0.2, 0.25) is 0 Å². The van der Waals surface area contributed by atoms with E-state index >= 15 is 0 Å². The largest absolute Gasteiger partial charge is 0.462 e. The lowest BCUT2D eigenvalue weighted by molar-refractivity contribution is 0.0524. The molecule has 0 spiro atoms. The molecule has 0 saturated heterocycles. The first-order valence-corrected chi connectivity index (χ1v) is 8.57. The van der Waals surface area contributed by atoms with Crippen LogP contribution in [0.1, 0.15) is 60.3 Å². The van der Waals surface area contributed by atoms with Crippen molar-refractivity contribution in [3.8, 4) is 0 Å². The topological polar surface area (TPSA) is 31.2 Å². The summed E-state index contributed by atoms with van der Waals surface area (Å²) in [6.45, 7) is 7.25. The number of aromatic nitrogens is 1. The second-order valence-corrected chi connectivity index (χ2v) is 5.91. The molecular formula is C20H27NO2. The number of nitrogens with zero attached hydrogens (tertiary/aromatic N) is 1. The third kappa shape index (κ3) is 4.47. The molecule has 2 aromatic rings. The van der Waals surface area contributed by atoms with Crippen molar-refractivity contribution in [2.75, 3.05) is 6.61 Å². The fourth-order valence-electron chi connectivity index (χ4n) is 2.91. The van der Waals surface area contributed by atoms with E-state index in [0.29, 0.717) is 6.61 Å². The minimum absolute atomic E-state index is 0.191. The van der Waals surface area contributed by atoms with Crippen LogP contribution in [0, 0.1) is 6.92 Å². The number of ether oxygens (including phenoxy) is 1. The van der Waals surface area contributed by atoms with Gasteiger partial charge in [0.15, 0.2) is 0 Å². The number of carbonyl (C=O) groups is 1. The van der Waals surface area contributed by atoms with Crippen LogP contribution >= 0.6 is 0 Å². The third-order valence-electron chi connectivity index (χ3n) is 4.15. The van der Waals surface area contributed by atoms with Gasteiger partial charge in [-0.1, -0.05) is 50.1 Å². The molecule has 0 aliphatic heterocycles. The van der Waals surface area contributed by atoms with Gasteiger partial charge in [0.05, 0.1) is 12.2 Å². The lowest BCUT2D eigenvalue weighted by Gasteiger charge is -2.07. The van der Waals surface area contributed by atoms with E-state index in [1.807, 2.05) is 32.0 Å². The SMILES string of the molecule is CCCCCc1cn(Cc2ccccc2)c(C)c1C(=O)OCC.